The molecule has 1 atom stereocenters. The lowest BCUT2D eigenvalue weighted by molar-refractivity contribution is 0.584. The molecule has 7 heteroatoms. The van der Waals surface area contributed by atoms with E-state index >= 15 is 0 Å². The van der Waals surface area contributed by atoms with E-state index in [1.54, 1.807) is 18.0 Å². The zero-order valence-electron chi connectivity index (χ0n) is 12.2. The summed E-state index contributed by atoms with van der Waals surface area (Å²) in [6, 6.07) is 4.57. The van der Waals surface area contributed by atoms with Crippen LogP contribution in [-0.2, 0) is 16.4 Å². The van der Waals surface area contributed by atoms with Gasteiger partial charge in [-0.15, -0.1) is 0 Å². The van der Waals surface area contributed by atoms with Gasteiger partial charge in [0.2, 0.25) is 0 Å². The van der Waals surface area contributed by atoms with Crippen LogP contribution in [0, 0.1) is 0 Å². The number of aromatic nitrogens is 1. The molecule has 2 fully saturated rings. The Morgan fingerprint density at radius 2 is 2.29 bits per heavy atom. The van der Waals surface area contributed by atoms with Crippen molar-refractivity contribution in [3.8, 4) is 0 Å². The predicted octanol–water partition coefficient (Wildman–Crippen LogP) is 1.26. The Morgan fingerprint density at radius 1 is 1.48 bits per heavy atom. The lowest BCUT2D eigenvalue weighted by atomic mass is 10.2. The van der Waals surface area contributed by atoms with Gasteiger partial charge in [0.05, 0.1) is 5.69 Å². The van der Waals surface area contributed by atoms with Crippen molar-refractivity contribution < 1.29 is 8.42 Å². The summed E-state index contributed by atoms with van der Waals surface area (Å²) in [6.45, 7) is 1.52. The molecule has 0 aromatic carbocycles. The van der Waals surface area contributed by atoms with Gasteiger partial charge in [0.15, 0.2) is 9.84 Å². The maximum Gasteiger partial charge on any atom is 0.169 e. The summed E-state index contributed by atoms with van der Waals surface area (Å²) in [5, 5.41) is 3.01. The zero-order chi connectivity index (χ0) is 14.9. The van der Waals surface area contributed by atoms with E-state index in [4.69, 9.17) is 0 Å². The second-order valence-electron chi connectivity index (χ2n) is 5.71. The topological polar surface area (TPSA) is 62.3 Å². The largest absolute Gasteiger partial charge is 0.353 e. The summed E-state index contributed by atoms with van der Waals surface area (Å²) < 4.78 is 24.0. The Hall–Kier alpha value is -0.790. The lowest BCUT2D eigenvalue weighted by Crippen LogP contribution is -2.47. The predicted molar refractivity (Wildman–Crippen MR) is 87.4 cm³/mol. The molecule has 3 rings (SSSR count). The van der Waals surface area contributed by atoms with E-state index < -0.39 is 15.2 Å². The van der Waals surface area contributed by atoms with Crippen LogP contribution in [0.3, 0.4) is 0 Å². The average molecular weight is 327 g/mol. The van der Waals surface area contributed by atoms with Gasteiger partial charge in [-0.2, -0.15) is 11.8 Å². The molecule has 2 heterocycles. The minimum atomic E-state index is -3.08. The third-order valence-corrected chi connectivity index (χ3v) is 6.50. The second-order valence-corrected chi connectivity index (χ2v) is 9.07. The van der Waals surface area contributed by atoms with E-state index in [-0.39, 0.29) is 0 Å². The normalized spacial score (nSPS) is 23.3. The Kier molecular flexibility index (Phi) is 4.42. The minimum Gasteiger partial charge on any atom is -0.353 e. The fourth-order valence-corrected chi connectivity index (χ4v) is 5.35. The van der Waals surface area contributed by atoms with Gasteiger partial charge >= 0.3 is 0 Å². The first-order chi connectivity index (χ1) is 10.0. The highest BCUT2D eigenvalue weighted by Crippen LogP contribution is 2.27. The monoisotopic (exact) mass is 327 g/mol. The zero-order valence-corrected chi connectivity index (χ0v) is 13.8. The van der Waals surface area contributed by atoms with Gasteiger partial charge < -0.3 is 10.2 Å². The molecule has 2 aliphatic rings. The van der Waals surface area contributed by atoms with E-state index in [1.165, 1.54) is 19.1 Å². The minimum absolute atomic E-state index is 0.428. The van der Waals surface area contributed by atoms with Crippen LogP contribution in [0.4, 0.5) is 5.69 Å². The number of nitrogens with zero attached hydrogens (tertiary/aromatic N) is 2. The SMILES string of the molecule is CS(=O)(=O)C1CSCCN1c1ccnc(CNC2CC2)c1. The highest BCUT2D eigenvalue weighted by Gasteiger charge is 2.31. The van der Waals surface area contributed by atoms with Crippen molar-refractivity contribution in [2.24, 2.45) is 0 Å². The summed E-state index contributed by atoms with van der Waals surface area (Å²) >= 11 is 1.71. The van der Waals surface area contributed by atoms with Crippen LogP contribution in [0.25, 0.3) is 0 Å². The number of rotatable bonds is 5. The Balaban J connectivity index is 1.78. The van der Waals surface area contributed by atoms with E-state index in [2.05, 4.69) is 10.3 Å². The highest BCUT2D eigenvalue weighted by molar-refractivity contribution is 8.01. The highest BCUT2D eigenvalue weighted by atomic mass is 32.2. The van der Waals surface area contributed by atoms with Crippen LogP contribution in [0.15, 0.2) is 18.3 Å². The summed E-state index contributed by atoms with van der Waals surface area (Å²) in [5.74, 6) is 1.60. The standard InChI is InChI=1S/C14H21N3O2S2/c1-21(18,19)14-10-20-7-6-17(14)13-4-5-15-12(8-13)9-16-11-2-3-11/h4-5,8,11,14,16H,2-3,6-7,9-10H2,1H3. The smallest absolute Gasteiger partial charge is 0.169 e. The Morgan fingerprint density at radius 3 is 3.00 bits per heavy atom. The second kappa shape index (κ2) is 6.14. The first-order valence-corrected chi connectivity index (χ1v) is 10.4. The van der Waals surface area contributed by atoms with Crippen molar-refractivity contribution >= 4 is 27.3 Å². The fourth-order valence-electron chi connectivity index (χ4n) is 2.51. The van der Waals surface area contributed by atoms with Crippen molar-refractivity contribution in [2.75, 3.05) is 29.2 Å². The van der Waals surface area contributed by atoms with Crippen LogP contribution >= 0.6 is 11.8 Å². The van der Waals surface area contributed by atoms with E-state index in [0.717, 1.165) is 30.2 Å². The molecule has 1 N–H and O–H groups in total. The van der Waals surface area contributed by atoms with Crippen molar-refractivity contribution in [2.45, 2.75) is 30.8 Å². The lowest BCUT2D eigenvalue weighted by Gasteiger charge is -2.36. The van der Waals surface area contributed by atoms with E-state index in [0.29, 0.717) is 11.8 Å². The molecular formula is C14H21N3O2S2. The quantitative estimate of drug-likeness (QED) is 0.878. The number of hydrogen-bond acceptors (Lipinski definition) is 6. The summed E-state index contributed by atoms with van der Waals surface area (Å²) in [4.78, 5) is 6.39. The van der Waals surface area contributed by atoms with Gasteiger partial charge in [-0.05, 0) is 25.0 Å². The number of thioether (sulfide) groups is 1. The molecule has 0 radical (unpaired) electrons. The Labute approximate surface area is 130 Å². The number of hydrogen-bond donors (Lipinski definition) is 1. The molecule has 116 valence electrons. The molecule has 0 spiro atoms. The van der Waals surface area contributed by atoms with Crippen LogP contribution in [0.2, 0.25) is 0 Å². The summed E-state index contributed by atoms with van der Waals surface area (Å²) in [5.41, 5.74) is 1.94. The molecule has 1 aromatic heterocycles. The molecule has 5 nitrogen and oxygen atoms in total. The van der Waals surface area contributed by atoms with E-state index in [1.807, 2.05) is 17.0 Å². The van der Waals surface area contributed by atoms with Crippen molar-refractivity contribution in [1.29, 1.82) is 0 Å². The summed E-state index contributed by atoms with van der Waals surface area (Å²) in [6.07, 6.45) is 5.60. The molecule has 0 amide bonds. The Bertz CT molecular complexity index is 602. The van der Waals surface area contributed by atoms with Crippen LogP contribution < -0.4 is 10.2 Å². The van der Waals surface area contributed by atoms with Gasteiger partial charge in [0.25, 0.3) is 0 Å². The maximum absolute atomic E-state index is 12.0. The first kappa shape index (κ1) is 15.1. The van der Waals surface area contributed by atoms with Gasteiger partial charge in [0.1, 0.15) is 5.37 Å². The van der Waals surface area contributed by atoms with Gasteiger partial charge in [-0.3, -0.25) is 4.98 Å². The number of sulfone groups is 1. The third kappa shape index (κ3) is 3.90. The molecule has 1 unspecified atom stereocenters. The van der Waals surface area contributed by atoms with Gasteiger partial charge in [0, 0.05) is 48.8 Å². The molecular weight excluding hydrogens is 306 g/mol. The summed E-state index contributed by atoms with van der Waals surface area (Å²) in [7, 11) is -3.08. The van der Waals surface area contributed by atoms with Crippen LogP contribution in [0.1, 0.15) is 18.5 Å². The molecule has 1 aromatic rings. The van der Waals surface area contributed by atoms with Crippen LogP contribution in [0.5, 0.6) is 0 Å². The molecule has 1 aliphatic heterocycles. The van der Waals surface area contributed by atoms with Crippen LogP contribution in [-0.4, -0.2) is 49.1 Å². The maximum atomic E-state index is 12.0. The molecule has 1 saturated heterocycles. The first-order valence-electron chi connectivity index (χ1n) is 7.25. The molecule has 21 heavy (non-hydrogen) atoms. The molecule has 1 saturated carbocycles. The third-order valence-electron chi connectivity index (χ3n) is 3.86. The van der Waals surface area contributed by atoms with E-state index in [9.17, 15) is 8.42 Å². The van der Waals surface area contributed by atoms with Crippen molar-refractivity contribution in [1.82, 2.24) is 10.3 Å². The average Bonchev–Trinajstić information content (AvgIpc) is 3.29. The molecule has 1 aliphatic carbocycles. The van der Waals surface area contributed by atoms with Gasteiger partial charge in [-0.1, -0.05) is 0 Å². The molecule has 0 bridgehead atoms. The fraction of sp³-hybridized carbons (Fsp3) is 0.643. The number of anilines is 1. The number of pyridine rings is 1. The van der Waals surface area contributed by atoms with Crippen molar-refractivity contribution in [3.63, 3.8) is 0 Å². The number of nitrogens with one attached hydrogen (secondary N) is 1. The van der Waals surface area contributed by atoms with Crippen molar-refractivity contribution in [3.05, 3.63) is 24.0 Å². The van der Waals surface area contributed by atoms with Gasteiger partial charge in [-0.25, -0.2) is 8.42 Å².